The van der Waals surface area contributed by atoms with Gasteiger partial charge in [-0.05, 0) is 174 Å². The van der Waals surface area contributed by atoms with Crippen molar-refractivity contribution in [3.63, 3.8) is 0 Å². The van der Waals surface area contributed by atoms with Crippen LogP contribution >= 0.6 is 31.9 Å². The molecule has 1 aliphatic rings. The molecule has 0 amide bonds. The van der Waals surface area contributed by atoms with Gasteiger partial charge in [-0.2, -0.15) is 0 Å². The first kappa shape index (κ1) is 53.5. The van der Waals surface area contributed by atoms with Crippen molar-refractivity contribution in [2.75, 3.05) is 0 Å². The molecule has 0 aliphatic heterocycles. The molecule has 8 aromatic carbocycles. The monoisotopic (exact) mass is 1150 g/mol. The summed E-state index contributed by atoms with van der Waals surface area (Å²) in [6, 6.07) is 68.7. The number of hydrogen-bond acceptors (Lipinski definition) is 2. The van der Waals surface area contributed by atoms with Crippen molar-refractivity contribution >= 4 is 53.7 Å². The Bertz CT molecular complexity index is 3600. The summed E-state index contributed by atoms with van der Waals surface area (Å²) in [6.07, 6.45) is 6.84. The number of halogens is 2. The van der Waals surface area contributed by atoms with Crippen molar-refractivity contribution in [2.45, 2.75) is 129 Å². The molecule has 2 unspecified atom stereocenters. The summed E-state index contributed by atoms with van der Waals surface area (Å²) in [4.78, 5) is 10.6. The van der Waals surface area contributed by atoms with Gasteiger partial charge in [-0.15, -0.1) is 0 Å². The molecule has 1 aliphatic carbocycles. The molecule has 0 saturated carbocycles. The number of benzene rings is 8. The molecule has 78 heavy (non-hydrogen) atoms. The Kier molecular flexibility index (Phi) is 14.4. The lowest BCUT2D eigenvalue weighted by Gasteiger charge is -2.53. The molecule has 0 saturated heterocycles. The highest BCUT2D eigenvalue weighted by molar-refractivity contribution is 9.10. The second kappa shape index (κ2) is 21.0. The van der Waals surface area contributed by atoms with Crippen molar-refractivity contribution in [2.24, 2.45) is 0 Å². The molecule has 0 bridgehead atoms. The topological polar surface area (TPSA) is 25.8 Å². The zero-order valence-electron chi connectivity index (χ0n) is 47.2. The Hall–Kier alpha value is -6.46. The van der Waals surface area contributed by atoms with Crippen LogP contribution in [0.25, 0.3) is 100.0 Å². The highest BCUT2D eigenvalue weighted by Gasteiger charge is 2.51. The fraction of sp³-hybridized carbons (Fsp3) is 0.270. The molecule has 0 fully saturated rings. The van der Waals surface area contributed by atoms with Gasteiger partial charge >= 0.3 is 0 Å². The summed E-state index contributed by atoms with van der Waals surface area (Å²) >= 11 is 7.29. The lowest BCUT2D eigenvalue weighted by atomic mass is 9.50. The van der Waals surface area contributed by atoms with E-state index < -0.39 is 0 Å². The maximum absolute atomic E-state index is 5.32. The molecule has 0 spiro atoms. The molecular formula is C74H72Br2N2. The number of unbranched alkanes of at least 4 members (excludes halogenated alkanes) is 2. The van der Waals surface area contributed by atoms with Crippen molar-refractivity contribution < 1.29 is 0 Å². The molecule has 10 aromatic rings. The molecule has 0 radical (unpaired) electrons. The highest BCUT2D eigenvalue weighted by Crippen LogP contribution is 2.59. The Labute approximate surface area is 481 Å². The number of pyridine rings is 2. The van der Waals surface area contributed by atoms with Crippen LogP contribution in [0.15, 0.2) is 191 Å². The summed E-state index contributed by atoms with van der Waals surface area (Å²) in [5.74, 6) is 0. The third-order valence-electron chi connectivity index (χ3n) is 17.5. The standard InChI is InChI=1S/C74H72Br2N2/c1-11-13-39-73(9)65-43-53(51-25-37-67-63(41-51)61(47-15-27-55(28-16-47)71(3,4)5)45-69(77-67)49-19-31-57(75)32-20-49)23-35-59(65)60-36-24-54(44-66(60)74(73,10)40-14-12-2)52-26-38-68-64(42-52)62(48-17-29-56(30-18-48)72(6,7)8)46-70(78-68)50-21-33-58(76)34-22-50/h15-38,41-46H,11-14,39-40H2,1-10H3. The number of fused-ring (bicyclic) bond motifs is 5. The van der Waals surface area contributed by atoms with E-state index in [1.807, 2.05) is 0 Å². The Morgan fingerprint density at radius 1 is 0.359 bits per heavy atom. The summed E-state index contributed by atoms with van der Waals surface area (Å²) in [6.45, 7) is 23.6. The minimum absolute atomic E-state index is 0.0641. The number of nitrogens with zero attached hydrogens (tertiary/aromatic N) is 2. The van der Waals surface area contributed by atoms with Crippen LogP contribution in [0.4, 0.5) is 0 Å². The van der Waals surface area contributed by atoms with Crippen LogP contribution in [0.5, 0.6) is 0 Å². The molecular weight excluding hydrogens is 1080 g/mol. The first-order chi connectivity index (χ1) is 37.3. The van der Waals surface area contributed by atoms with E-state index in [1.54, 1.807) is 0 Å². The van der Waals surface area contributed by atoms with E-state index >= 15 is 0 Å². The molecule has 11 rings (SSSR count). The van der Waals surface area contributed by atoms with Gasteiger partial charge in [0.15, 0.2) is 0 Å². The molecule has 0 N–H and O–H groups in total. The van der Waals surface area contributed by atoms with Gasteiger partial charge in [-0.25, -0.2) is 9.97 Å². The van der Waals surface area contributed by atoms with Gasteiger partial charge in [-0.3, -0.25) is 0 Å². The van der Waals surface area contributed by atoms with Gasteiger partial charge in [0.2, 0.25) is 0 Å². The Balaban J connectivity index is 1.05. The number of rotatable bonds is 12. The van der Waals surface area contributed by atoms with Crippen molar-refractivity contribution in [1.29, 1.82) is 0 Å². The fourth-order valence-corrected chi connectivity index (χ4v) is 13.0. The van der Waals surface area contributed by atoms with Crippen LogP contribution < -0.4 is 0 Å². The molecule has 2 aromatic heterocycles. The summed E-state index contributed by atoms with van der Waals surface area (Å²) < 4.78 is 2.12. The summed E-state index contributed by atoms with van der Waals surface area (Å²) in [5, 5.41) is 2.32. The lowest BCUT2D eigenvalue weighted by molar-refractivity contribution is 0.207. The van der Waals surface area contributed by atoms with E-state index in [0.29, 0.717) is 0 Å². The van der Waals surface area contributed by atoms with E-state index in [4.69, 9.17) is 9.97 Å². The normalized spacial score (nSPS) is 16.4. The van der Waals surface area contributed by atoms with Gasteiger partial charge in [0.1, 0.15) is 0 Å². The van der Waals surface area contributed by atoms with Crippen LogP contribution in [0.1, 0.15) is 130 Å². The maximum Gasteiger partial charge on any atom is 0.0716 e. The highest BCUT2D eigenvalue weighted by atomic mass is 79.9. The van der Waals surface area contributed by atoms with Gasteiger partial charge < -0.3 is 0 Å². The van der Waals surface area contributed by atoms with Crippen LogP contribution in [-0.4, -0.2) is 9.97 Å². The van der Waals surface area contributed by atoms with E-state index in [-0.39, 0.29) is 21.7 Å². The minimum Gasteiger partial charge on any atom is -0.248 e. The fourth-order valence-electron chi connectivity index (χ4n) is 12.4. The first-order valence-corrected chi connectivity index (χ1v) is 29.9. The lowest BCUT2D eigenvalue weighted by Crippen LogP contribution is -2.48. The minimum atomic E-state index is -0.129. The zero-order chi connectivity index (χ0) is 54.7. The third kappa shape index (κ3) is 10.0. The number of aromatic nitrogens is 2. The van der Waals surface area contributed by atoms with Crippen LogP contribution in [-0.2, 0) is 21.7 Å². The van der Waals surface area contributed by atoms with E-state index in [9.17, 15) is 0 Å². The van der Waals surface area contributed by atoms with E-state index in [2.05, 4.69) is 283 Å². The summed E-state index contributed by atoms with van der Waals surface area (Å²) in [7, 11) is 0. The Morgan fingerprint density at radius 2 is 0.679 bits per heavy atom. The van der Waals surface area contributed by atoms with E-state index in [0.717, 1.165) is 91.8 Å². The molecule has 2 nitrogen and oxygen atoms in total. The van der Waals surface area contributed by atoms with Gasteiger partial charge in [-0.1, -0.05) is 236 Å². The van der Waals surface area contributed by atoms with Crippen molar-refractivity contribution in [3.05, 3.63) is 213 Å². The zero-order valence-corrected chi connectivity index (χ0v) is 50.4. The van der Waals surface area contributed by atoms with Gasteiger partial charge in [0.25, 0.3) is 0 Å². The summed E-state index contributed by atoms with van der Waals surface area (Å²) in [5.41, 5.74) is 24.0. The average Bonchev–Trinajstić information content (AvgIpc) is 3.39. The molecule has 4 heteroatoms. The van der Waals surface area contributed by atoms with E-state index in [1.165, 1.54) is 77.9 Å². The van der Waals surface area contributed by atoms with Crippen LogP contribution in [0.3, 0.4) is 0 Å². The largest absolute Gasteiger partial charge is 0.248 e. The quantitative estimate of drug-likeness (QED) is 0.122. The van der Waals surface area contributed by atoms with Gasteiger partial charge in [0, 0.05) is 41.7 Å². The van der Waals surface area contributed by atoms with Crippen molar-refractivity contribution in [1.82, 2.24) is 9.97 Å². The second-order valence-corrected chi connectivity index (χ2v) is 26.5. The molecule has 2 heterocycles. The Morgan fingerprint density at radius 3 is 1.03 bits per heavy atom. The molecule has 392 valence electrons. The van der Waals surface area contributed by atoms with Gasteiger partial charge in [0.05, 0.1) is 22.4 Å². The predicted molar refractivity (Wildman–Crippen MR) is 342 cm³/mol. The predicted octanol–water partition coefficient (Wildman–Crippen LogP) is 22.5. The maximum atomic E-state index is 5.32. The van der Waals surface area contributed by atoms with Crippen LogP contribution in [0, 0.1) is 0 Å². The first-order valence-electron chi connectivity index (χ1n) is 28.3. The van der Waals surface area contributed by atoms with Crippen molar-refractivity contribution in [3.8, 4) is 78.1 Å². The smallest absolute Gasteiger partial charge is 0.0716 e. The second-order valence-electron chi connectivity index (χ2n) is 24.6. The molecule has 2 atom stereocenters. The van der Waals surface area contributed by atoms with Crippen LogP contribution in [0.2, 0.25) is 0 Å². The number of hydrogen-bond donors (Lipinski definition) is 0. The SMILES string of the molecule is CCCCC1(C)c2cc(-c3ccc4nc(-c5ccc(Br)cc5)cc(-c5ccc(C(C)(C)C)cc5)c4c3)ccc2-c2ccc(-c3ccc4nc(-c5ccc(Br)cc5)cc(-c5ccc(C(C)(C)C)cc5)c4c3)cc2C1(C)CCCC. The average molecular weight is 1150 g/mol. The third-order valence-corrected chi connectivity index (χ3v) is 18.5.